The fourth-order valence-electron chi connectivity index (χ4n) is 5.86. The summed E-state index contributed by atoms with van der Waals surface area (Å²) in [5.41, 5.74) is 4.80. The van der Waals surface area contributed by atoms with Crippen LogP contribution in [0.2, 0.25) is 0 Å². The van der Waals surface area contributed by atoms with Crippen molar-refractivity contribution >= 4 is 12.1 Å². The van der Waals surface area contributed by atoms with E-state index in [0.29, 0.717) is 145 Å². The van der Waals surface area contributed by atoms with E-state index in [9.17, 15) is 9.59 Å². The number of carbonyl (C=O) groups excluding carboxylic acids is 2. The van der Waals surface area contributed by atoms with Crippen LogP contribution in [0.3, 0.4) is 0 Å². The van der Waals surface area contributed by atoms with Crippen LogP contribution in [-0.4, -0.2) is 151 Å². The average Bonchev–Trinajstić information content (AvgIpc) is 3.55. The molecule has 0 radical (unpaired) electrons. The summed E-state index contributed by atoms with van der Waals surface area (Å²) in [5, 5.41) is 2.80. The predicted octanol–water partition coefficient (Wildman–Crippen LogP) is 5.58. The van der Waals surface area contributed by atoms with Crippen LogP contribution >= 0.6 is 0 Å². The summed E-state index contributed by atoms with van der Waals surface area (Å²) in [6, 6.07) is 16.6. The lowest BCUT2D eigenvalue weighted by Crippen LogP contribution is -2.27. The summed E-state index contributed by atoms with van der Waals surface area (Å²) >= 11 is 0. The topological polar surface area (TPSA) is 148 Å². The predicted molar refractivity (Wildman–Crippen MR) is 215 cm³/mol. The molecule has 0 fully saturated rings. The van der Waals surface area contributed by atoms with Gasteiger partial charge in [0, 0.05) is 25.5 Å². The maximum atomic E-state index is 12.3. The Morgan fingerprint density at radius 1 is 0.474 bits per heavy atom. The van der Waals surface area contributed by atoms with Gasteiger partial charge >= 0.3 is 12.1 Å². The standard InChI is InChI=1S/C43H67NO13/c1-2-3-4-5-15-42(45)56-35-34-55-33-32-54-31-30-53-29-28-52-27-26-51-25-24-50-23-22-49-21-20-48-19-18-47-17-10-16-44-43(46)57-36-41-39-13-8-6-11-37(39)38-12-7-9-14-40(38)41/h6-9,11-14,41H,2-5,10,15-36H2,1H3,(H,44,46). The van der Waals surface area contributed by atoms with Crippen LogP contribution in [0.25, 0.3) is 11.1 Å². The molecule has 1 aliphatic carbocycles. The van der Waals surface area contributed by atoms with Crippen LogP contribution in [0.5, 0.6) is 0 Å². The molecule has 2 aromatic rings. The van der Waals surface area contributed by atoms with Crippen molar-refractivity contribution in [3.05, 3.63) is 59.7 Å². The number of rotatable bonds is 38. The Balaban J connectivity index is 0.940. The first-order chi connectivity index (χ1) is 28.2. The van der Waals surface area contributed by atoms with E-state index in [1.165, 1.54) is 22.3 Å². The van der Waals surface area contributed by atoms with Gasteiger partial charge in [-0.2, -0.15) is 0 Å². The number of fused-ring (bicyclic) bond motifs is 3. The van der Waals surface area contributed by atoms with Gasteiger partial charge in [-0.15, -0.1) is 0 Å². The molecule has 0 unspecified atom stereocenters. The highest BCUT2D eigenvalue weighted by Gasteiger charge is 2.29. The van der Waals surface area contributed by atoms with E-state index < -0.39 is 6.09 Å². The van der Waals surface area contributed by atoms with E-state index >= 15 is 0 Å². The summed E-state index contributed by atoms with van der Waals surface area (Å²) in [7, 11) is 0. The monoisotopic (exact) mass is 805 g/mol. The Kier molecular flexibility index (Phi) is 28.5. The Morgan fingerprint density at radius 3 is 1.32 bits per heavy atom. The number of esters is 1. The van der Waals surface area contributed by atoms with E-state index in [0.717, 1.165) is 25.7 Å². The molecule has 3 rings (SSSR count). The zero-order chi connectivity index (χ0) is 40.3. The van der Waals surface area contributed by atoms with Crippen LogP contribution in [0.4, 0.5) is 4.79 Å². The molecule has 14 heteroatoms. The number of hydrogen-bond donors (Lipinski definition) is 1. The lowest BCUT2D eigenvalue weighted by molar-refractivity contribution is -0.145. The van der Waals surface area contributed by atoms with Gasteiger partial charge in [-0.25, -0.2) is 4.79 Å². The van der Waals surface area contributed by atoms with Gasteiger partial charge in [0.25, 0.3) is 0 Å². The summed E-state index contributed by atoms with van der Waals surface area (Å²) in [6.07, 6.45) is 5.00. The lowest BCUT2D eigenvalue weighted by Gasteiger charge is -2.14. The number of unbranched alkanes of at least 4 members (excludes halogenated alkanes) is 3. The molecule has 0 spiro atoms. The highest BCUT2D eigenvalue weighted by Crippen LogP contribution is 2.44. The molecular weight excluding hydrogens is 738 g/mol. The van der Waals surface area contributed by atoms with Crippen LogP contribution in [-0.2, 0) is 56.9 Å². The number of alkyl carbamates (subject to hydrolysis) is 1. The molecule has 1 aliphatic rings. The van der Waals surface area contributed by atoms with Crippen molar-refractivity contribution in [1.29, 1.82) is 0 Å². The number of hydrogen-bond acceptors (Lipinski definition) is 13. The second-order valence-corrected chi connectivity index (χ2v) is 13.1. The second kappa shape index (κ2) is 33.8. The number of benzene rings is 2. The first-order valence-corrected chi connectivity index (χ1v) is 20.6. The third-order valence-corrected chi connectivity index (χ3v) is 8.78. The molecule has 0 saturated carbocycles. The van der Waals surface area contributed by atoms with Crippen molar-refractivity contribution in [2.45, 2.75) is 51.4 Å². The fraction of sp³-hybridized carbons (Fsp3) is 0.674. The van der Waals surface area contributed by atoms with Crippen molar-refractivity contribution in [1.82, 2.24) is 5.32 Å². The summed E-state index contributed by atoms with van der Waals surface area (Å²) in [5.74, 6) is -0.109. The molecule has 57 heavy (non-hydrogen) atoms. The molecule has 0 bridgehead atoms. The Hall–Kier alpha value is -3.18. The molecule has 1 amide bonds. The van der Waals surface area contributed by atoms with Crippen LogP contribution in [0.1, 0.15) is 62.5 Å². The van der Waals surface area contributed by atoms with Gasteiger partial charge in [0.2, 0.25) is 0 Å². The van der Waals surface area contributed by atoms with Crippen LogP contribution < -0.4 is 5.32 Å². The van der Waals surface area contributed by atoms with Gasteiger partial charge < -0.3 is 57.4 Å². The smallest absolute Gasteiger partial charge is 0.407 e. The largest absolute Gasteiger partial charge is 0.463 e. The molecule has 1 N–H and O–H groups in total. The van der Waals surface area contributed by atoms with E-state index in [1.807, 2.05) is 24.3 Å². The van der Waals surface area contributed by atoms with Crippen LogP contribution in [0, 0.1) is 0 Å². The Morgan fingerprint density at radius 2 is 0.877 bits per heavy atom. The number of amides is 1. The Labute approximate surface area is 339 Å². The second-order valence-electron chi connectivity index (χ2n) is 13.1. The normalized spacial score (nSPS) is 12.1. The molecular formula is C43H67NO13. The van der Waals surface area contributed by atoms with Crippen LogP contribution in [0.15, 0.2) is 48.5 Å². The van der Waals surface area contributed by atoms with Gasteiger partial charge in [0.15, 0.2) is 0 Å². The number of carbonyl (C=O) groups is 2. The van der Waals surface area contributed by atoms with Gasteiger partial charge in [0.1, 0.15) is 13.2 Å². The average molecular weight is 806 g/mol. The van der Waals surface area contributed by atoms with Gasteiger partial charge in [0.05, 0.1) is 112 Å². The molecule has 0 aliphatic heterocycles. The molecule has 14 nitrogen and oxygen atoms in total. The zero-order valence-corrected chi connectivity index (χ0v) is 34.1. The minimum absolute atomic E-state index is 0.0472. The third kappa shape index (κ3) is 23.1. The van der Waals surface area contributed by atoms with Crippen molar-refractivity contribution in [3.63, 3.8) is 0 Å². The van der Waals surface area contributed by atoms with E-state index in [2.05, 4.69) is 36.5 Å². The van der Waals surface area contributed by atoms with Gasteiger partial charge in [-0.05, 0) is 35.1 Å². The summed E-state index contributed by atoms with van der Waals surface area (Å²) in [6.45, 7) is 11.7. The molecule has 0 saturated heterocycles. The van der Waals surface area contributed by atoms with E-state index in [4.69, 9.17) is 52.1 Å². The van der Waals surface area contributed by atoms with Crippen molar-refractivity contribution in [2.75, 3.05) is 139 Å². The number of nitrogens with one attached hydrogen (secondary N) is 1. The van der Waals surface area contributed by atoms with E-state index in [-0.39, 0.29) is 18.5 Å². The fourth-order valence-corrected chi connectivity index (χ4v) is 5.86. The molecule has 0 aromatic heterocycles. The molecule has 322 valence electrons. The zero-order valence-electron chi connectivity index (χ0n) is 34.1. The molecule has 2 aromatic carbocycles. The van der Waals surface area contributed by atoms with Gasteiger partial charge in [-0.3, -0.25) is 4.79 Å². The minimum atomic E-state index is -0.417. The maximum Gasteiger partial charge on any atom is 0.407 e. The van der Waals surface area contributed by atoms with Crippen molar-refractivity contribution in [2.24, 2.45) is 0 Å². The van der Waals surface area contributed by atoms with Crippen molar-refractivity contribution < 1.29 is 61.7 Å². The Bertz CT molecular complexity index is 1250. The third-order valence-electron chi connectivity index (χ3n) is 8.78. The highest BCUT2D eigenvalue weighted by atomic mass is 16.6. The summed E-state index contributed by atoms with van der Waals surface area (Å²) in [4.78, 5) is 23.8. The highest BCUT2D eigenvalue weighted by molar-refractivity contribution is 5.79. The van der Waals surface area contributed by atoms with Crippen molar-refractivity contribution in [3.8, 4) is 11.1 Å². The lowest BCUT2D eigenvalue weighted by atomic mass is 9.98. The molecule has 0 atom stereocenters. The minimum Gasteiger partial charge on any atom is -0.463 e. The molecule has 0 heterocycles. The first kappa shape index (κ1) is 48.2. The SMILES string of the molecule is CCCCCCC(=O)OCCOCCOCCOCCOCCOCCOCCOCCOCCOCCCNC(=O)OCC1c2ccccc2-c2ccccc21. The number of ether oxygens (including phenoxy) is 11. The first-order valence-electron chi connectivity index (χ1n) is 20.6. The van der Waals surface area contributed by atoms with Gasteiger partial charge in [-0.1, -0.05) is 74.7 Å². The van der Waals surface area contributed by atoms with E-state index in [1.54, 1.807) is 0 Å². The quantitative estimate of drug-likeness (QED) is 0.0666. The maximum absolute atomic E-state index is 12.3. The summed E-state index contributed by atoms with van der Waals surface area (Å²) < 4.78 is 60.2.